The standard InChI is InChI=1S/C21H34N4O.HI/c1-5-22-21(24-13-12-23-20(26)15(2)3)25-16(4)18-11-10-17-8-6-7-9-19(17)14-18;/h10-11,14-16H,5-9,12-13H2,1-4H3,(H,23,26)(H2,22,24,25);1H. The van der Waals surface area contributed by atoms with E-state index in [9.17, 15) is 4.79 Å². The first-order chi connectivity index (χ1) is 12.5. The molecule has 2 rings (SSSR count). The molecule has 1 unspecified atom stereocenters. The van der Waals surface area contributed by atoms with Gasteiger partial charge in [-0.2, -0.15) is 0 Å². The Balaban J connectivity index is 0.00000364. The lowest BCUT2D eigenvalue weighted by Gasteiger charge is -2.21. The lowest BCUT2D eigenvalue weighted by Crippen LogP contribution is -2.39. The lowest BCUT2D eigenvalue weighted by molar-refractivity contribution is -0.123. The van der Waals surface area contributed by atoms with Gasteiger partial charge in [-0.25, -0.2) is 0 Å². The van der Waals surface area contributed by atoms with Gasteiger partial charge in [-0.15, -0.1) is 24.0 Å². The van der Waals surface area contributed by atoms with Crippen LogP contribution in [0.2, 0.25) is 0 Å². The summed E-state index contributed by atoms with van der Waals surface area (Å²) in [6.07, 6.45) is 5.01. The van der Waals surface area contributed by atoms with E-state index in [-0.39, 0.29) is 41.8 Å². The highest BCUT2D eigenvalue weighted by Crippen LogP contribution is 2.24. The summed E-state index contributed by atoms with van der Waals surface area (Å²) in [7, 11) is 0. The number of fused-ring (bicyclic) bond motifs is 1. The molecule has 0 fully saturated rings. The summed E-state index contributed by atoms with van der Waals surface area (Å²) in [5.41, 5.74) is 4.30. The molecule has 0 spiro atoms. The fourth-order valence-corrected chi connectivity index (χ4v) is 3.18. The minimum absolute atomic E-state index is 0. The van der Waals surface area contributed by atoms with Gasteiger partial charge >= 0.3 is 0 Å². The zero-order valence-corrected chi connectivity index (χ0v) is 19.4. The van der Waals surface area contributed by atoms with Crippen LogP contribution < -0.4 is 16.0 Å². The zero-order valence-electron chi connectivity index (χ0n) is 17.1. The molecule has 1 atom stereocenters. The first-order valence-electron chi connectivity index (χ1n) is 9.95. The Morgan fingerprint density at radius 1 is 1.11 bits per heavy atom. The number of rotatable bonds is 7. The van der Waals surface area contributed by atoms with Gasteiger partial charge in [0.1, 0.15) is 0 Å². The second-order valence-electron chi connectivity index (χ2n) is 7.31. The Labute approximate surface area is 181 Å². The van der Waals surface area contributed by atoms with Gasteiger partial charge in [0.25, 0.3) is 0 Å². The summed E-state index contributed by atoms with van der Waals surface area (Å²) in [5, 5.41) is 9.66. The molecule has 0 saturated carbocycles. The molecule has 1 amide bonds. The molecule has 6 heteroatoms. The Kier molecular flexibility index (Phi) is 10.7. The Morgan fingerprint density at radius 3 is 2.48 bits per heavy atom. The molecule has 1 aromatic rings. The van der Waals surface area contributed by atoms with E-state index in [4.69, 9.17) is 0 Å². The van der Waals surface area contributed by atoms with Crippen molar-refractivity contribution in [3.8, 4) is 0 Å². The van der Waals surface area contributed by atoms with Crippen LogP contribution in [0.4, 0.5) is 0 Å². The quantitative estimate of drug-likeness (QED) is 0.239. The maximum absolute atomic E-state index is 11.6. The van der Waals surface area contributed by atoms with Crippen molar-refractivity contribution >= 4 is 35.8 Å². The summed E-state index contributed by atoms with van der Waals surface area (Å²) >= 11 is 0. The van der Waals surface area contributed by atoms with E-state index >= 15 is 0 Å². The molecular weight excluding hydrogens is 451 g/mol. The summed E-state index contributed by atoms with van der Waals surface area (Å²) in [5.74, 6) is 0.867. The number of amides is 1. The predicted octanol–water partition coefficient (Wildman–Crippen LogP) is 3.57. The van der Waals surface area contributed by atoms with Crippen LogP contribution in [-0.4, -0.2) is 31.5 Å². The van der Waals surface area contributed by atoms with Crippen LogP contribution in [0.3, 0.4) is 0 Å². The van der Waals surface area contributed by atoms with E-state index < -0.39 is 0 Å². The number of nitrogens with one attached hydrogen (secondary N) is 3. The van der Waals surface area contributed by atoms with Gasteiger partial charge in [-0.05, 0) is 56.2 Å². The maximum atomic E-state index is 11.6. The van der Waals surface area contributed by atoms with Crippen molar-refractivity contribution in [1.29, 1.82) is 0 Å². The fourth-order valence-electron chi connectivity index (χ4n) is 3.18. The Hall–Kier alpha value is -1.31. The molecule has 1 aliphatic rings. The molecule has 3 N–H and O–H groups in total. The molecule has 0 heterocycles. The Bertz CT molecular complexity index is 631. The largest absolute Gasteiger partial charge is 0.357 e. The van der Waals surface area contributed by atoms with Crippen molar-refractivity contribution in [2.75, 3.05) is 19.6 Å². The average Bonchev–Trinajstić information content (AvgIpc) is 2.64. The number of carbonyl (C=O) groups excluding carboxylic acids is 1. The summed E-state index contributed by atoms with van der Waals surface area (Å²) in [4.78, 5) is 16.2. The maximum Gasteiger partial charge on any atom is 0.222 e. The number of carbonyl (C=O) groups is 1. The van der Waals surface area contributed by atoms with E-state index in [1.165, 1.54) is 42.4 Å². The van der Waals surface area contributed by atoms with E-state index in [1.54, 1.807) is 0 Å². The highest BCUT2D eigenvalue weighted by atomic mass is 127. The molecule has 1 aromatic carbocycles. The molecule has 0 saturated heterocycles. The van der Waals surface area contributed by atoms with Gasteiger partial charge < -0.3 is 16.0 Å². The Morgan fingerprint density at radius 2 is 1.81 bits per heavy atom. The fraction of sp³-hybridized carbons (Fsp3) is 0.619. The number of hydrogen-bond donors (Lipinski definition) is 3. The summed E-state index contributed by atoms with van der Waals surface area (Å²) < 4.78 is 0. The number of halogens is 1. The van der Waals surface area contributed by atoms with Gasteiger partial charge in [0.05, 0.1) is 12.6 Å². The smallest absolute Gasteiger partial charge is 0.222 e. The molecule has 152 valence electrons. The zero-order chi connectivity index (χ0) is 18.9. The van der Waals surface area contributed by atoms with E-state index in [0.29, 0.717) is 13.1 Å². The average molecular weight is 486 g/mol. The van der Waals surface area contributed by atoms with Crippen LogP contribution in [0.15, 0.2) is 23.2 Å². The summed E-state index contributed by atoms with van der Waals surface area (Å²) in [6.45, 7) is 9.93. The number of guanidine groups is 1. The first-order valence-corrected chi connectivity index (χ1v) is 9.95. The number of nitrogens with zero attached hydrogens (tertiary/aromatic N) is 1. The van der Waals surface area contributed by atoms with Crippen molar-refractivity contribution in [3.05, 3.63) is 34.9 Å². The molecule has 0 aliphatic heterocycles. The predicted molar refractivity (Wildman–Crippen MR) is 124 cm³/mol. The van der Waals surface area contributed by atoms with Crippen LogP contribution in [0.5, 0.6) is 0 Å². The second-order valence-corrected chi connectivity index (χ2v) is 7.31. The van der Waals surface area contributed by atoms with E-state index in [0.717, 1.165) is 12.5 Å². The normalized spacial score (nSPS) is 14.8. The van der Waals surface area contributed by atoms with Crippen molar-refractivity contribution in [2.45, 2.75) is 59.4 Å². The van der Waals surface area contributed by atoms with E-state index in [1.807, 2.05) is 13.8 Å². The topological polar surface area (TPSA) is 65.5 Å². The molecule has 5 nitrogen and oxygen atoms in total. The highest BCUT2D eigenvalue weighted by molar-refractivity contribution is 14.0. The number of aryl methyl sites for hydroxylation is 2. The van der Waals surface area contributed by atoms with Crippen molar-refractivity contribution in [1.82, 2.24) is 16.0 Å². The van der Waals surface area contributed by atoms with Gasteiger partial charge in [0.15, 0.2) is 5.96 Å². The lowest BCUT2D eigenvalue weighted by atomic mass is 9.89. The van der Waals surface area contributed by atoms with Crippen molar-refractivity contribution in [2.24, 2.45) is 10.9 Å². The van der Waals surface area contributed by atoms with Crippen LogP contribution >= 0.6 is 24.0 Å². The van der Waals surface area contributed by atoms with Gasteiger partial charge in [-0.1, -0.05) is 32.0 Å². The molecule has 27 heavy (non-hydrogen) atoms. The van der Waals surface area contributed by atoms with Gasteiger partial charge in [0.2, 0.25) is 5.91 Å². The van der Waals surface area contributed by atoms with Crippen molar-refractivity contribution in [3.63, 3.8) is 0 Å². The highest BCUT2D eigenvalue weighted by Gasteiger charge is 2.13. The monoisotopic (exact) mass is 486 g/mol. The minimum Gasteiger partial charge on any atom is -0.357 e. The molecule has 1 aliphatic carbocycles. The van der Waals surface area contributed by atoms with Crippen LogP contribution in [0.25, 0.3) is 0 Å². The molecular formula is C21H35IN4O. The van der Waals surface area contributed by atoms with E-state index in [2.05, 4.69) is 53.0 Å². The SMILES string of the molecule is CCNC(=NCCNC(=O)C(C)C)NC(C)c1ccc2c(c1)CCCC2.I. The first kappa shape index (κ1) is 23.7. The van der Waals surface area contributed by atoms with Gasteiger partial charge in [-0.3, -0.25) is 9.79 Å². The summed E-state index contributed by atoms with van der Waals surface area (Å²) in [6, 6.07) is 7.05. The third-order valence-corrected chi connectivity index (χ3v) is 4.78. The third kappa shape index (κ3) is 7.68. The van der Waals surface area contributed by atoms with Gasteiger partial charge in [0, 0.05) is 19.0 Å². The second kappa shape index (κ2) is 12.2. The van der Waals surface area contributed by atoms with Crippen LogP contribution in [0.1, 0.15) is 63.3 Å². The number of aliphatic imine (C=N–C) groups is 1. The molecule has 0 radical (unpaired) electrons. The number of hydrogen-bond acceptors (Lipinski definition) is 2. The minimum atomic E-state index is 0. The molecule has 0 aromatic heterocycles. The third-order valence-electron chi connectivity index (χ3n) is 4.78. The number of benzene rings is 1. The van der Waals surface area contributed by atoms with Crippen LogP contribution in [0, 0.1) is 5.92 Å². The van der Waals surface area contributed by atoms with Crippen molar-refractivity contribution < 1.29 is 4.79 Å². The molecule has 0 bridgehead atoms. The van der Waals surface area contributed by atoms with Crippen LogP contribution in [-0.2, 0) is 17.6 Å².